The van der Waals surface area contributed by atoms with Crippen LogP contribution in [0.4, 0.5) is 0 Å². The van der Waals surface area contributed by atoms with Crippen molar-refractivity contribution in [3.63, 3.8) is 0 Å². The molecule has 1 heterocycles. The van der Waals surface area contributed by atoms with E-state index in [9.17, 15) is 0 Å². The van der Waals surface area contributed by atoms with Crippen molar-refractivity contribution in [1.29, 1.82) is 0 Å². The van der Waals surface area contributed by atoms with Crippen LogP contribution < -0.4 is 10.5 Å². The van der Waals surface area contributed by atoms with Gasteiger partial charge >= 0.3 is 0 Å². The average molecular weight is 268 g/mol. The predicted octanol–water partition coefficient (Wildman–Crippen LogP) is 3.84. The van der Waals surface area contributed by atoms with Gasteiger partial charge in [0.25, 0.3) is 0 Å². The molecule has 0 fully saturated rings. The molecule has 17 heavy (non-hydrogen) atoms. The van der Waals surface area contributed by atoms with Gasteiger partial charge in [-0.3, -0.25) is 0 Å². The van der Waals surface area contributed by atoms with Crippen molar-refractivity contribution < 1.29 is 4.74 Å². The Morgan fingerprint density at radius 2 is 2.06 bits per heavy atom. The second-order valence-corrected chi connectivity index (χ2v) is 4.97. The average Bonchev–Trinajstić information content (AvgIpc) is 2.79. The summed E-state index contributed by atoms with van der Waals surface area (Å²) in [5.74, 6) is 0.706. The molecule has 0 unspecified atom stereocenters. The first kappa shape index (κ1) is 12.4. The zero-order chi connectivity index (χ0) is 12.4. The van der Waals surface area contributed by atoms with Crippen LogP contribution in [0.15, 0.2) is 22.9 Å². The summed E-state index contributed by atoms with van der Waals surface area (Å²) in [6.07, 6.45) is 0. The van der Waals surface area contributed by atoms with Crippen LogP contribution in [0.5, 0.6) is 5.75 Å². The van der Waals surface area contributed by atoms with Crippen molar-refractivity contribution in [2.45, 2.75) is 13.5 Å². The summed E-state index contributed by atoms with van der Waals surface area (Å²) in [6, 6.07) is 3.90. The maximum atomic E-state index is 6.16. The van der Waals surface area contributed by atoms with Crippen molar-refractivity contribution in [2.75, 3.05) is 7.11 Å². The molecule has 2 N–H and O–H groups in total. The highest BCUT2D eigenvalue weighted by atomic mass is 35.5. The number of halogens is 1. The SMILES string of the molecule is COc1cc(C)c(-c2cscc2CN)cc1Cl. The van der Waals surface area contributed by atoms with Gasteiger partial charge in [0.05, 0.1) is 12.1 Å². The molecule has 90 valence electrons. The van der Waals surface area contributed by atoms with E-state index in [1.165, 1.54) is 5.56 Å². The van der Waals surface area contributed by atoms with Gasteiger partial charge in [-0.25, -0.2) is 0 Å². The number of ether oxygens (including phenoxy) is 1. The van der Waals surface area contributed by atoms with E-state index in [0.29, 0.717) is 17.3 Å². The van der Waals surface area contributed by atoms with E-state index in [1.54, 1.807) is 18.4 Å². The molecule has 2 aromatic rings. The van der Waals surface area contributed by atoms with Crippen molar-refractivity contribution in [3.8, 4) is 16.9 Å². The highest BCUT2D eigenvalue weighted by molar-refractivity contribution is 7.08. The molecule has 0 saturated carbocycles. The lowest BCUT2D eigenvalue weighted by Crippen LogP contribution is -1.97. The number of nitrogens with two attached hydrogens (primary N) is 1. The van der Waals surface area contributed by atoms with Crippen LogP contribution in [-0.2, 0) is 6.54 Å². The van der Waals surface area contributed by atoms with Crippen LogP contribution in [-0.4, -0.2) is 7.11 Å². The molecule has 2 rings (SSSR count). The van der Waals surface area contributed by atoms with Crippen molar-refractivity contribution in [1.82, 2.24) is 0 Å². The number of methoxy groups -OCH3 is 1. The summed E-state index contributed by atoms with van der Waals surface area (Å²) in [6.45, 7) is 2.59. The summed E-state index contributed by atoms with van der Waals surface area (Å²) in [5, 5.41) is 4.81. The van der Waals surface area contributed by atoms with Crippen molar-refractivity contribution in [3.05, 3.63) is 39.0 Å². The van der Waals surface area contributed by atoms with Gasteiger partial charge in [0.15, 0.2) is 0 Å². The number of hydrogen-bond donors (Lipinski definition) is 1. The maximum Gasteiger partial charge on any atom is 0.137 e. The van der Waals surface area contributed by atoms with Gasteiger partial charge in [-0.1, -0.05) is 11.6 Å². The topological polar surface area (TPSA) is 35.2 Å². The molecule has 0 aliphatic carbocycles. The van der Waals surface area contributed by atoms with E-state index in [1.807, 2.05) is 19.1 Å². The summed E-state index contributed by atoms with van der Waals surface area (Å²) < 4.78 is 5.20. The number of aryl methyl sites for hydroxylation is 1. The summed E-state index contributed by atoms with van der Waals surface area (Å²) in [4.78, 5) is 0. The third-order valence-corrected chi connectivity index (χ3v) is 3.84. The van der Waals surface area contributed by atoms with E-state index in [4.69, 9.17) is 22.1 Å². The Labute approximate surface area is 110 Å². The lowest BCUT2D eigenvalue weighted by Gasteiger charge is -2.10. The number of rotatable bonds is 3. The third-order valence-electron chi connectivity index (χ3n) is 2.75. The third kappa shape index (κ3) is 2.32. The van der Waals surface area contributed by atoms with E-state index in [2.05, 4.69) is 10.8 Å². The number of hydrogen-bond acceptors (Lipinski definition) is 3. The fraction of sp³-hybridized carbons (Fsp3) is 0.231. The van der Waals surface area contributed by atoms with Gasteiger partial charge in [-0.2, -0.15) is 11.3 Å². The van der Waals surface area contributed by atoms with Gasteiger partial charge in [0.1, 0.15) is 5.75 Å². The molecule has 4 heteroatoms. The fourth-order valence-corrected chi connectivity index (χ4v) is 2.93. The van der Waals surface area contributed by atoms with Gasteiger partial charge in [0, 0.05) is 6.54 Å². The van der Waals surface area contributed by atoms with Crippen LogP contribution in [0.25, 0.3) is 11.1 Å². The van der Waals surface area contributed by atoms with Crippen molar-refractivity contribution in [2.24, 2.45) is 5.73 Å². The number of thiophene rings is 1. The van der Waals surface area contributed by atoms with Crippen LogP contribution in [0.1, 0.15) is 11.1 Å². The molecular formula is C13H14ClNOS. The molecule has 0 amide bonds. The quantitative estimate of drug-likeness (QED) is 0.917. The molecule has 0 radical (unpaired) electrons. The molecule has 0 atom stereocenters. The second-order valence-electron chi connectivity index (χ2n) is 3.82. The van der Waals surface area contributed by atoms with Crippen LogP contribution in [0.3, 0.4) is 0 Å². The maximum absolute atomic E-state index is 6.16. The highest BCUT2D eigenvalue weighted by Gasteiger charge is 2.11. The minimum atomic E-state index is 0.544. The molecule has 1 aromatic heterocycles. The molecule has 0 saturated heterocycles. The van der Waals surface area contributed by atoms with Gasteiger partial charge < -0.3 is 10.5 Å². The molecule has 2 nitrogen and oxygen atoms in total. The first-order valence-electron chi connectivity index (χ1n) is 5.27. The summed E-state index contributed by atoms with van der Waals surface area (Å²) in [5.41, 5.74) is 10.3. The summed E-state index contributed by atoms with van der Waals surface area (Å²) >= 11 is 7.82. The lowest BCUT2D eigenvalue weighted by atomic mass is 9.99. The van der Waals surface area contributed by atoms with E-state index in [0.717, 1.165) is 16.7 Å². The molecule has 0 bridgehead atoms. The largest absolute Gasteiger partial charge is 0.495 e. The predicted molar refractivity (Wildman–Crippen MR) is 73.9 cm³/mol. The standard InChI is InChI=1S/C13H14ClNOS/c1-8-3-13(16-2)12(14)4-10(8)11-7-17-6-9(11)5-15/h3-4,6-7H,5,15H2,1-2H3. The Bertz CT molecular complexity index is 536. The molecule has 0 aliphatic heterocycles. The van der Waals surface area contributed by atoms with Crippen LogP contribution in [0.2, 0.25) is 5.02 Å². The van der Waals surface area contributed by atoms with Gasteiger partial charge in [-0.05, 0) is 52.1 Å². The zero-order valence-corrected chi connectivity index (χ0v) is 11.4. The summed E-state index contributed by atoms with van der Waals surface area (Å²) in [7, 11) is 1.62. The molecule has 1 aromatic carbocycles. The minimum absolute atomic E-state index is 0.544. The van der Waals surface area contributed by atoms with Crippen LogP contribution in [0, 0.1) is 6.92 Å². The first-order chi connectivity index (χ1) is 8.17. The molecule has 0 spiro atoms. The first-order valence-corrected chi connectivity index (χ1v) is 6.59. The Morgan fingerprint density at radius 3 is 2.71 bits per heavy atom. The normalized spacial score (nSPS) is 10.6. The molecular weight excluding hydrogens is 254 g/mol. The second kappa shape index (κ2) is 5.08. The lowest BCUT2D eigenvalue weighted by molar-refractivity contribution is 0.415. The highest BCUT2D eigenvalue weighted by Crippen LogP contribution is 2.36. The fourth-order valence-electron chi connectivity index (χ4n) is 1.82. The zero-order valence-electron chi connectivity index (χ0n) is 9.79. The van der Waals surface area contributed by atoms with Gasteiger partial charge in [-0.15, -0.1) is 0 Å². The van der Waals surface area contributed by atoms with Crippen molar-refractivity contribution >= 4 is 22.9 Å². The van der Waals surface area contributed by atoms with E-state index >= 15 is 0 Å². The Morgan fingerprint density at radius 1 is 1.29 bits per heavy atom. The smallest absolute Gasteiger partial charge is 0.137 e. The van der Waals surface area contributed by atoms with E-state index in [-0.39, 0.29) is 0 Å². The van der Waals surface area contributed by atoms with Crippen LogP contribution >= 0.6 is 22.9 Å². The molecule has 0 aliphatic rings. The Hall–Kier alpha value is -1.03. The monoisotopic (exact) mass is 267 g/mol. The minimum Gasteiger partial charge on any atom is -0.495 e. The Kier molecular flexibility index (Phi) is 3.72. The Balaban J connectivity index is 2.56. The number of benzene rings is 1. The van der Waals surface area contributed by atoms with E-state index < -0.39 is 0 Å². The van der Waals surface area contributed by atoms with Gasteiger partial charge in [0.2, 0.25) is 0 Å².